The van der Waals surface area contributed by atoms with Crippen molar-refractivity contribution in [3.8, 4) is 0 Å². The molecule has 1 aromatic carbocycles. The van der Waals surface area contributed by atoms with Crippen LogP contribution in [-0.4, -0.2) is 20.2 Å². The third-order valence-corrected chi connectivity index (χ3v) is 4.60. The lowest BCUT2D eigenvalue weighted by molar-refractivity contribution is 0.575. The topological polar surface area (TPSA) is 84.2 Å². The minimum Gasteiger partial charge on any atom is -0.397 e. The summed E-state index contributed by atoms with van der Waals surface area (Å²) in [7, 11) is -3.58. The normalized spacial score (nSPS) is 11.8. The molecule has 4 N–H and O–H groups in total. The third-order valence-electron chi connectivity index (χ3n) is 2.13. The molecule has 5 nitrogen and oxygen atoms in total. The summed E-state index contributed by atoms with van der Waals surface area (Å²) in [6, 6.07) is 5.19. The zero-order valence-corrected chi connectivity index (χ0v) is 13.1. The molecule has 7 heteroatoms. The van der Waals surface area contributed by atoms with E-state index in [4.69, 9.17) is 5.73 Å². The Balaban J connectivity index is 2.87. The maximum absolute atomic E-state index is 11.8. The van der Waals surface area contributed by atoms with Crippen molar-refractivity contribution in [1.29, 1.82) is 0 Å². The molecule has 1 rings (SSSR count). The highest BCUT2D eigenvalue weighted by Gasteiger charge is 2.13. The third kappa shape index (κ3) is 5.71. The lowest BCUT2D eigenvalue weighted by Gasteiger charge is -2.14. The molecular formula is C12H21N3O2S2. The first-order chi connectivity index (χ1) is 8.84. The lowest BCUT2D eigenvalue weighted by atomic mass is 10.3. The summed E-state index contributed by atoms with van der Waals surface area (Å²) >= 11 is 1.67. The quantitative estimate of drug-likeness (QED) is 0.533. The van der Waals surface area contributed by atoms with Gasteiger partial charge in [0.2, 0.25) is 0 Å². The van der Waals surface area contributed by atoms with E-state index in [0.717, 1.165) is 17.1 Å². The maximum Gasteiger partial charge on any atom is 0.299 e. The molecule has 0 saturated heterocycles. The minimum absolute atomic E-state index is 0.170. The van der Waals surface area contributed by atoms with Crippen LogP contribution in [0.15, 0.2) is 23.1 Å². The summed E-state index contributed by atoms with van der Waals surface area (Å²) in [5.74, 6) is 0.986. The number of nitrogen functional groups attached to an aromatic ring is 1. The molecule has 1 aromatic rings. The molecule has 0 heterocycles. The fraction of sp³-hybridized carbons (Fsp3) is 0.500. The van der Waals surface area contributed by atoms with Crippen LogP contribution in [0, 0.1) is 0 Å². The second kappa shape index (κ2) is 7.02. The van der Waals surface area contributed by atoms with Crippen LogP contribution in [0.2, 0.25) is 0 Å². The predicted molar refractivity (Wildman–Crippen MR) is 82.7 cm³/mol. The minimum atomic E-state index is -3.58. The van der Waals surface area contributed by atoms with E-state index in [-0.39, 0.29) is 6.04 Å². The maximum atomic E-state index is 11.8. The Labute approximate surface area is 119 Å². The van der Waals surface area contributed by atoms with Crippen molar-refractivity contribution in [3.05, 3.63) is 18.2 Å². The van der Waals surface area contributed by atoms with Crippen molar-refractivity contribution in [2.24, 2.45) is 0 Å². The summed E-state index contributed by atoms with van der Waals surface area (Å²) in [6.45, 7) is 5.62. The van der Waals surface area contributed by atoms with E-state index in [1.54, 1.807) is 37.7 Å². The van der Waals surface area contributed by atoms with Crippen LogP contribution in [0.25, 0.3) is 0 Å². The van der Waals surface area contributed by atoms with E-state index in [2.05, 4.69) is 16.4 Å². The number of hydrogen-bond donors (Lipinski definition) is 3. The number of hydrogen-bond acceptors (Lipinski definition) is 4. The van der Waals surface area contributed by atoms with Crippen LogP contribution in [-0.2, 0) is 10.2 Å². The molecule has 0 aliphatic heterocycles. The molecule has 0 unspecified atom stereocenters. The van der Waals surface area contributed by atoms with Gasteiger partial charge in [-0.3, -0.25) is 4.72 Å². The highest BCUT2D eigenvalue weighted by molar-refractivity contribution is 7.99. The lowest BCUT2D eigenvalue weighted by Crippen LogP contribution is -2.35. The number of nitrogens with two attached hydrogens (primary N) is 1. The smallest absolute Gasteiger partial charge is 0.299 e. The van der Waals surface area contributed by atoms with Crippen molar-refractivity contribution in [1.82, 2.24) is 4.72 Å². The van der Waals surface area contributed by atoms with Gasteiger partial charge in [0.25, 0.3) is 10.2 Å². The number of anilines is 2. The average Bonchev–Trinajstić information content (AvgIpc) is 2.28. The molecule has 0 fully saturated rings. The highest BCUT2D eigenvalue weighted by Crippen LogP contribution is 2.27. The van der Waals surface area contributed by atoms with Crippen LogP contribution >= 0.6 is 11.8 Å². The Bertz CT molecular complexity index is 516. The molecule has 108 valence electrons. The van der Waals surface area contributed by atoms with Crippen molar-refractivity contribution >= 4 is 33.3 Å². The SMILES string of the molecule is CCCSc1ccc(N)c(NS(=O)(=O)NC(C)C)c1. The van der Waals surface area contributed by atoms with Crippen molar-refractivity contribution in [2.45, 2.75) is 38.1 Å². The number of nitrogens with one attached hydrogen (secondary N) is 2. The van der Waals surface area contributed by atoms with E-state index < -0.39 is 10.2 Å². The largest absolute Gasteiger partial charge is 0.397 e. The molecule has 0 atom stereocenters. The van der Waals surface area contributed by atoms with Gasteiger partial charge in [0.15, 0.2) is 0 Å². The highest BCUT2D eigenvalue weighted by atomic mass is 32.2. The van der Waals surface area contributed by atoms with E-state index in [9.17, 15) is 8.42 Å². The molecule has 0 aromatic heterocycles. The van der Waals surface area contributed by atoms with Crippen molar-refractivity contribution in [2.75, 3.05) is 16.2 Å². The van der Waals surface area contributed by atoms with Gasteiger partial charge < -0.3 is 5.73 Å². The van der Waals surface area contributed by atoms with Crippen LogP contribution in [0.1, 0.15) is 27.2 Å². The van der Waals surface area contributed by atoms with Gasteiger partial charge in [0.1, 0.15) is 0 Å². The number of benzene rings is 1. The van der Waals surface area contributed by atoms with E-state index >= 15 is 0 Å². The first-order valence-electron chi connectivity index (χ1n) is 6.16. The Morgan fingerprint density at radius 3 is 2.63 bits per heavy atom. The Hall–Kier alpha value is -0.920. The monoisotopic (exact) mass is 303 g/mol. The summed E-state index contributed by atoms with van der Waals surface area (Å²) < 4.78 is 28.5. The first-order valence-corrected chi connectivity index (χ1v) is 8.63. The van der Waals surface area contributed by atoms with Gasteiger partial charge in [0.05, 0.1) is 11.4 Å². The molecule has 0 aliphatic carbocycles. The fourth-order valence-electron chi connectivity index (χ4n) is 1.42. The Morgan fingerprint density at radius 2 is 2.05 bits per heavy atom. The van der Waals surface area contributed by atoms with Crippen molar-refractivity contribution in [3.63, 3.8) is 0 Å². The van der Waals surface area contributed by atoms with Gasteiger partial charge in [-0.2, -0.15) is 13.1 Å². The summed E-state index contributed by atoms with van der Waals surface area (Å²) in [4.78, 5) is 0.998. The van der Waals surface area contributed by atoms with Crippen molar-refractivity contribution < 1.29 is 8.42 Å². The zero-order valence-electron chi connectivity index (χ0n) is 11.4. The molecule has 19 heavy (non-hydrogen) atoms. The zero-order chi connectivity index (χ0) is 14.5. The molecule has 0 amide bonds. The standard InChI is InChI=1S/C12H21N3O2S2/c1-4-7-18-10-5-6-11(13)12(8-10)15-19(16,17)14-9(2)3/h5-6,8-9,14-15H,4,7,13H2,1-3H3. The molecular weight excluding hydrogens is 282 g/mol. The Kier molecular flexibility index (Phi) is 5.96. The number of rotatable bonds is 7. The van der Waals surface area contributed by atoms with E-state index in [1.165, 1.54) is 0 Å². The second-order valence-electron chi connectivity index (χ2n) is 4.48. The average molecular weight is 303 g/mol. The summed E-state index contributed by atoms with van der Waals surface area (Å²) in [5, 5.41) is 0. The second-order valence-corrected chi connectivity index (χ2v) is 7.09. The van der Waals surface area contributed by atoms with Gasteiger partial charge in [-0.25, -0.2) is 0 Å². The molecule has 0 spiro atoms. The summed E-state index contributed by atoms with van der Waals surface area (Å²) in [6.07, 6.45) is 1.06. The van der Waals surface area contributed by atoms with Crippen LogP contribution in [0.5, 0.6) is 0 Å². The van der Waals surface area contributed by atoms with Gasteiger partial charge in [-0.05, 0) is 44.2 Å². The van der Waals surface area contributed by atoms with Crippen LogP contribution in [0.4, 0.5) is 11.4 Å². The van der Waals surface area contributed by atoms with Gasteiger partial charge in [0, 0.05) is 10.9 Å². The van der Waals surface area contributed by atoms with Crippen LogP contribution in [0.3, 0.4) is 0 Å². The number of thioether (sulfide) groups is 1. The predicted octanol–water partition coefficient (Wildman–Crippen LogP) is 2.43. The van der Waals surface area contributed by atoms with Gasteiger partial charge in [-0.1, -0.05) is 6.92 Å². The molecule has 0 saturated carbocycles. The Morgan fingerprint density at radius 1 is 1.37 bits per heavy atom. The molecule has 0 aliphatic rings. The van der Waals surface area contributed by atoms with Gasteiger partial charge in [-0.15, -0.1) is 11.8 Å². The fourth-order valence-corrected chi connectivity index (χ4v) is 3.37. The molecule has 0 radical (unpaired) electrons. The van der Waals surface area contributed by atoms with E-state index in [1.807, 2.05) is 6.07 Å². The molecule has 0 bridgehead atoms. The van der Waals surface area contributed by atoms with Gasteiger partial charge >= 0.3 is 0 Å². The first kappa shape index (κ1) is 16.1. The summed E-state index contributed by atoms with van der Waals surface area (Å²) in [5.41, 5.74) is 6.62. The van der Waals surface area contributed by atoms with Crippen LogP contribution < -0.4 is 15.2 Å². The van der Waals surface area contributed by atoms with E-state index in [0.29, 0.717) is 11.4 Å².